The molecule has 6 rings (SSSR count). The number of ether oxygens (including phenoxy) is 2. The lowest BCUT2D eigenvalue weighted by atomic mass is 9.48. The first-order valence-electron chi connectivity index (χ1n) is 16.0. The van der Waals surface area contributed by atoms with Crippen LogP contribution in [0.1, 0.15) is 63.9 Å². The molecule has 0 radical (unpaired) electrons. The topological polar surface area (TPSA) is 85.3 Å². The van der Waals surface area contributed by atoms with Crippen molar-refractivity contribution in [3.8, 4) is 11.8 Å². The van der Waals surface area contributed by atoms with Crippen LogP contribution in [0.2, 0.25) is 0 Å². The number of nitrogens with zero attached hydrogens (tertiary/aromatic N) is 2. The van der Waals surface area contributed by atoms with Gasteiger partial charge in [-0.3, -0.25) is 9.59 Å². The monoisotopic (exact) mass is 642 g/mol. The van der Waals surface area contributed by atoms with E-state index >= 15 is 4.39 Å². The van der Waals surface area contributed by atoms with Crippen molar-refractivity contribution in [1.82, 2.24) is 0 Å². The Kier molecular flexibility index (Phi) is 8.64. The average Bonchev–Trinajstić information content (AvgIpc) is 3.35. The van der Waals surface area contributed by atoms with Crippen LogP contribution < -0.4 is 4.90 Å². The van der Waals surface area contributed by atoms with Gasteiger partial charge in [0.2, 0.25) is 0 Å². The molecule has 1 aromatic carbocycles. The van der Waals surface area contributed by atoms with Crippen molar-refractivity contribution in [2.75, 3.05) is 37.8 Å². The van der Waals surface area contributed by atoms with Crippen molar-refractivity contribution in [3.63, 3.8) is 0 Å². The summed E-state index contributed by atoms with van der Waals surface area (Å²) in [4.78, 5) is 39.2. The molecule has 3 unspecified atom stereocenters. The summed E-state index contributed by atoms with van der Waals surface area (Å²) < 4.78 is 67.5. The smallest absolute Gasteiger partial charge is 0.457 e. The van der Waals surface area contributed by atoms with Crippen LogP contribution in [0.3, 0.4) is 0 Å². The SMILES string of the molecule is CC(=O)OCC(=O)[C@@]1(C#CC(F)(F)F)CC[C@H]2[C@@H]3CC(F)C4=CC(N=O)CCC4=C3C(c3ccc(N4CCOCC4)cc3)C[C@@]21C. The zero-order valence-electron chi connectivity index (χ0n) is 26.0. The summed E-state index contributed by atoms with van der Waals surface area (Å²) in [6, 6.07) is 7.48. The van der Waals surface area contributed by atoms with E-state index in [9.17, 15) is 27.7 Å². The molecular formula is C35H38F4N2O5. The zero-order chi connectivity index (χ0) is 32.9. The van der Waals surface area contributed by atoms with E-state index in [4.69, 9.17) is 9.47 Å². The highest BCUT2D eigenvalue weighted by Crippen LogP contribution is 2.70. The predicted octanol–water partition coefficient (Wildman–Crippen LogP) is 6.62. The predicted molar refractivity (Wildman–Crippen MR) is 162 cm³/mol. The van der Waals surface area contributed by atoms with E-state index < -0.39 is 47.6 Å². The van der Waals surface area contributed by atoms with Crippen LogP contribution in [-0.2, 0) is 19.1 Å². The molecule has 0 bridgehead atoms. The van der Waals surface area contributed by atoms with Gasteiger partial charge in [0, 0.05) is 37.5 Å². The fourth-order valence-corrected chi connectivity index (χ4v) is 9.10. The Labute approximate surface area is 265 Å². The van der Waals surface area contributed by atoms with E-state index in [0.717, 1.165) is 42.4 Å². The van der Waals surface area contributed by atoms with Crippen molar-refractivity contribution in [1.29, 1.82) is 0 Å². The van der Waals surface area contributed by atoms with Crippen molar-refractivity contribution in [2.45, 2.75) is 76.7 Å². The second kappa shape index (κ2) is 12.3. The fraction of sp³-hybridized carbons (Fsp3) is 0.600. The van der Waals surface area contributed by atoms with E-state index in [1.165, 1.54) is 5.92 Å². The van der Waals surface area contributed by atoms with E-state index in [0.29, 0.717) is 44.5 Å². The molecule has 11 heteroatoms. The molecule has 2 saturated carbocycles. The molecule has 1 aromatic rings. The van der Waals surface area contributed by atoms with Crippen LogP contribution >= 0.6 is 0 Å². The van der Waals surface area contributed by atoms with Crippen LogP contribution in [0.25, 0.3) is 0 Å². The highest BCUT2D eigenvalue weighted by Gasteiger charge is 2.66. The van der Waals surface area contributed by atoms with Crippen LogP contribution in [0.4, 0.5) is 23.2 Å². The first-order valence-corrected chi connectivity index (χ1v) is 16.0. The molecule has 5 aliphatic rings. The number of fused-ring (bicyclic) bond motifs is 4. The van der Waals surface area contributed by atoms with Gasteiger partial charge in [0.05, 0.1) is 18.6 Å². The number of rotatable bonds is 6. The number of carbonyl (C=O) groups is 2. The molecule has 4 aliphatic carbocycles. The number of allylic oxidation sites excluding steroid dienone is 3. The number of Topliss-reactive ketones (excluding diaryl/α,β-unsaturated/α-hetero) is 1. The number of nitroso groups, excluding NO2 is 1. The number of ketones is 1. The van der Waals surface area contributed by atoms with Gasteiger partial charge in [0.25, 0.3) is 0 Å². The van der Waals surface area contributed by atoms with E-state index in [-0.39, 0.29) is 30.6 Å². The number of halogens is 4. The lowest BCUT2D eigenvalue weighted by Crippen LogP contribution is -2.52. The van der Waals surface area contributed by atoms with Gasteiger partial charge >= 0.3 is 12.1 Å². The Morgan fingerprint density at radius 2 is 1.87 bits per heavy atom. The maximum atomic E-state index is 16.1. The van der Waals surface area contributed by atoms with E-state index in [1.807, 2.05) is 31.2 Å². The summed E-state index contributed by atoms with van der Waals surface area (Å²) in [5.74, 6) is 1.42. The van der Waals surface area contributed by atoms with Gasteiger partial charge in [-0.2, -0.15) is 18.1 Å². The van der Waals surface area contributed by atoms with Gasteiger partial charge in [0.15, 0.2) is 12.4 Å². The van der Waals surface area contributed by atoms with Crippen LogP contribution in [0.5, 0.6) is 0 Å². The average molecular weight is 643 g/mol. The molecule has 0 N–H and O–H groups in total. The number of alkyl halides is 4. The molecule has 1 saturated heterocycles. The third kappa shape index (κ3) is 5.67. The minimum atomic E-state index is -4.83. The largest absolute Gasteiger partial charge is 0.458 e. The second-order valence-corrected chi connectivity index (χ2v) is 13.4. The van der Waals surface area contributed by atoms with Crippen molar-refractivity contribution >= 4 is 17.4 Å². The summed E-state index contributed by atoms with van der Waals surface area (Å²) in [5, 5.41) is 3.17. The highest BCUT2D eigenvalue weighted by molar-refractivity contribution is 5.92. The molecule has 3 fully saturated rings. The number of carbonyl (C=O) groups excluding carboxylic acids is 2. The Bertz CT molecular complexity index is 1520. The van der Waals surface area contributed by atoms with Gasteiger partial charge in [0.1, 0.15) is 12.2 Å². The lowest BCUT2D eigenvalue weighted by molar-refractivity contribution is -0.150. The minimum absolute atomic E-state index is 0.0515. The van der Waals surface area contributed by atoms with Gasteiger partial charge in [-0.15, -0.1) is 0 Å². The lowest BCUT2D eigenvalue weighted by Gasteiger charge is -2.55. The highest BCUT2D eigenvalue weighted by atomic mass is 19.4. The molecule has 46 heavy (non-hydrogen) atoms. The standard InChI is InChI=1S/C35H38F4N2O5/c1-21(42)46-20-31(43)34(11-12-35(37,38)39)10-9-29-27-18-30(36)26-17-23(40-44)5-8-25(26)32(27)28(19-33(29,34)2)22-3-6-24(7-4-22)41-13-15-45-16-14-41/h3-4,6-7,17,23,27-30H,5,8-10,13-16,18-20H2,1-2H3/t23?,27-,28?,29-,30?,33-,34-/m0/s1. The zero-order valence-corrected chi connectivity index (χ0v) is 26.0. The number of hydrogen-bond acceptors (Lipinski definition) is 7. The number of hydrogen-bond donors (Lipinski definition) is 0. The van der Waals surface area contributed by atoms with Crippen LogP contribution in [0, 0.1) is 39.4 Å². The number of benzene rings is 1. The molecule has 0 amide bonds. The maximum absolute atomic E-state index is 16.1. The van der Waals surface area contributed by atoms with Gasteiger partial charge < -0.3 is 14.4 Å². The van der Waals surface area contributed by atoms with Crippen molar-refractivity contribution in [3.05, 3.63) is 57.5 Å². The second-order valence-electron chi connectivity index (χ2n) is 13.4. The van der Waals surface area contributed by atoms with Crippen molar-refractivity contribution < 1.29 is 36.6 Å². The molecule has 7 nitrogen and oxygen atoms in total. The molecule has 0 spiro atoms. The first kappa shape index (κ1) is 32.4. The quantitative estimate of drug-likeness (QED) is 0.150. The molecule has 7 atom stereocenters. The fourth-order valence-electron chi connectivity index (χ4n) is 9.10. The first-order chi connectivity index (χ1) is 21.9. The summed E-state index contributed by atoms with van der Waals surface area (Å²) in [6.07, 6.45) is -2.79. The van der Waals surface area contributed by atoms with E-state index in [1.54, 1.807) is 6.08 Å². The molecule has 0 aromatic heterocycles. The summed E-state index contributed by atoms with van der Waals surface area (Å²) >= 11 is 0. The van der Waals surface area contributed by atoms with Crippen LogP contribution in [0.15, 0.2) is 52.2 Å². The Morgan fingerprint density at radius 3 is 2.52 bits per heavy atom. The number of esters is 1. The summed E-state index contributed by atoms with van der Waals surface area (Å²) in [6.45, 7) is 5.04. The van der Waals surface area contributed by atoms with Crippen molar-refractivity contribution in [2.24, 2.45) is 27.8 Å². The number of morpholine rings is 1. The Morgan fingerprint density at radius 1 is 1.15 bits per heavy atom. The van der Waals surface area contributed by atoms with Crippen LogP contribution in [-0.4, -0.2) is 63.1 Å². The molecular weight excluding hydrogens is 604 g/mol. The van der Waals surface area contributed by atoms with E-state index in [2.05, 4.69) is 16.0 Å². The minimum Gasteiger partial charge on any atom is -0.458 e. The van der Waals surface area contributed by atoms with Gasteiger partial charge in [-0.25, -0.2) is 4.39 Å². The van der Waals surface area contributed by atoms with Gasteiger partial charge in [-0.1, -0.05) is 41.8 Å². The summed E-state index contributed by atoms with van der Waals surface area (Å²) in [5.41, 5.74) is 1.55. The third-order valence-corrected chi connectivity index (χ3v) is 11.2. The normalized spacial score (nSPS) is 33.9. The molecule has 1 heterocycles. The number of anilines is 1. The third-order valence-electron chi connectivity index (χ3n) is 11.2. The molecule has 246 valence electrons. The Balaban J connectivity index is 1.49. The molecule has 1 aliphatic heterocycles. The maximum Gasteiger partial charge on any atom is 0.457 e. The Hall–Kier alpha value is -3.52. The summed E-state index contributed by atoms with van der Waals surface area (Å²) in [7, 11) is 0. The van der Waals surface area contributed by atoms with Gasteiger partial charge in [-0.05, 0) is 84.6 Å².